The Kier molecular flexibility index (Phi) is 6.60. The van der Waals surface area contributed by atoms with Crippen LogP contribution < -0.4 is 16.0 Å². The van der Waals surface area contributed by atoms with Crippen LogP contribution in [0, 0.1) is 5.82 Å². The smallest absolute Gasteiger partial charge is 0.273 e. The molecule has 0 atom stereocenters. The molecule has 3 rings (SSSR count). The van der Waals surface area contributed by atoms with E-state index < -0.39 is 21.8 Å². The first kappa shape index (κ1) is 21.6. The second kappa shape index (κ2) is 9.16. The number of rotatable bonds is 6. The van der Waals surface area contributed by atoms with Gasteiger partial charge in [0.2, 0.25) is 15.9 Å². The minimum Gasteiger partial charge on any atom is -0.273 e. The lowest BCUT2D eigenvalue weighted by Gasteiger charge is -2.07. The summed E-state index contributed by atoms with van der Waals surface area (Å²) in [6, 6.07) is 15.2. The van der Waals surface area contributed by atoms with Crippen LogP contribution in [0.25, 0.3) is 10.4 Å². The van der Waals surface area contributed by atoms with Gasteiger partial charge >= 0.3 is 0 Å². The Morgan fingerprint density at radius 1 is 0.933 bits per heavy atom. The number of amides is 2. The molecule has 0 bridgehead atoms. The third kappa shape index (κ3) is 5.72. The standard InChI is InChI=1S/C20H18FN3O4S2/c21-15-6-4-14(5-7-15)17-10-11-18(29-17)20(26)24-23-19(25)12-3-13-1-8-16(9-2-13)30(22,27)28/h1-2,4-11H,3,12H2,(H,23,25)(H,24,26)(H2,22,27,28). The summed E-state index contributed by atoms with van der Waals surface area (Å²) in [5.41, 5.74) is 6.25. The highest BCUT2D eigenvalue weighted by Gasteiger charge is 2.12. The summed E-state index contributed by atoms with van der Waals surface area (Å²) in [5.74, 6) is -1.19. The van der Waals surface area contributed by atoms with E-state index in [1.807, 2.05) is 0 Å². The Labute approximate surface area is 176 Å². The lowest BCUT2D eigenvalue weighted by atomic mass is 10.1. The summed E-state index contributed by atoms with van der Waals surface area (Å²) >= 11 is 1.22. The van der Waals surface area contributed by atoms with Crippen LogP contribution in [0.3, 0.4) is 0 Å². The molecule has 0 spiro atoms. The summed E-state index contributed by atoms with van der Waals surface area (Å²) in [7, 11) is -3.76. The Balaban J connectivity index is 1.49. The third-order valence-corrected chi connectivity index (χ3v) is 6.23. The number of hydrazine groups is 1. The second-order valence-electron chi connectivity index (χ2n) is 6.36. The van der Waals surface area contributed by atoms with Crippen molar-refractivity contribution in [3.05, 3.63) is 76.9 Å². The lowest BCUT2D eigenvalue weighted by molar-refractivity contribution is -0.121. The van der Waals surface area contributed by atoms with E-state index in [4.69, 9.17) is 5.14 Å². The fraction of sp³-hybridized carbons (Fsp3) is 0.100. The van der Waals surface area contributed by atoms with Crippen LogP contribution >= 0.6 is 11.3 Å². The number of nitrogens with two attached hydrogens (primary N) is 1. The average Bonchev–Trinajstić information content (AvgIpc) is 3.21. The number of benzene rings is 2. The average molecular weight is 448 g/mol. The molecule has 0 saturated carbocycles. The van der Waals surface area contributed by atoms with Crippen LogP contribution in [-0.2, 0) is 21.2 Å². The van der Waals surface area contributed by atoms with Gasteiger partial charge in [-0.3, -0.25) is 20.4 Å². The molecule has 0 aliphatic rings. The van der Waals surface area contributed by atoms with E-state index in [1.54, 1.807) is 36.4 Å². The van der Waals surface area contributed by atoms with E-state index in [1.165, 1.54) is 35.6 Å². The van der Waals surface area contributed by atoms with Gasteiger partial charge in [0, 0.05) is 11.3 Å². The predicted molar refractivity (Wildman–Crippen MR) is 111 cm³/mol. The number of hydrogen-bond acceptors (Lipinski definition) is 5. The fourth-order valence-electron chi connectivity index (χ4n) is 2.58. The van der Waals surface area contributed by atoms with E-state index in [2.05, 4.69) is 10.9 Å². The SMILES string of the molecule is NS(=O)(=O)c1ccc(CCC(=O)NNC(=O)c2ccc(-c3ccc(F)cc3)s2)cc1. The van der Waals surface area contributed by atoms with Crippen molar-refractivity contribution in [2.24, 2.45) is 5.14 Å². The van der Waals surface area contributed by atoms with Crippen molar-refractivity contribution >= 4 is 33.2 Å². The van der Waals surface area contributed by atoms with Gasteiger partial charge in [0.15, 0.2) is 0 Å². The van der Waals surface area contributed by atoms with E-state index >= 15 is 0 Å². The molecule has 4 N–H and O–H groups in total. The van der Waals surface area contributed by atoms with Gasteiger partial charge in [-0.1, -0.05) is 24.3 Å². The number of carbonyl (C=O) groups is 2. The summed E-state index contributed by atoms with van der Waals surface area (Å²) in [5, 5.41) is 5.04. The van der Waals surface area contributed by atoms with Gasteiger partial charge in [0.25, 0.3) is 5.91 Å². The molecule has 1 heterocycles. The zero-order valence-corrected chi connectivity index (χ0v) is 17.2. The predicted octanol–water partition coefficient (Wildman–Crippen LogP) is 2.60. The normalized spacial score (nSPS) is 11.1. The zero-order valence-electron chi connectivity index (χ0n) is 15.6. The molecular weight excluding hydrogens is 429 g/mol. The van der Waals surface area contributed by atoms with Crippen LogP contribution in [-0.4, -0.2) is 20.2 Å². The van der Waals surface area contributed by atoms with Crippen molar-refractivity contribution < 1.29 is 22.4 Å². The van der Waals surface area contributed by atoms with Gasteiger partial charge in [-0.2, -0.15) is 0 Å². The van der Waals surface area contributed by atoms with E-state index in [-0.39, 0.29) is 17.1 Å². The monoisotopic (exact) mass is 447 g/mol. The quantitative estimate of drug-likeness (QED) is 0.503. The number of aryl methyl sites for hydroxylation is 1. The number of thiophene rings is 1. The van der Waals surface area contributed by atoms with Crippen molar-refractivity contribution in [3.63, 3.8) is 0 Å². The summed E-state index contributed by atoms with van der Waals surface area (Å²) in [6.45, 7) is 0. The van der Waals surface area contributed by atoms with E-state index in [9.17, 15) is 22.4 Å². The van der Waals surface area contributed by atoms with Gasteiger partial charge < -0.3 is 0 Å². The van der Waals surface area contributed by atoms with Gasteiger partial charge in [-0.05, 0) is 53.9 Å². The Bertz CT molecular complexity index is 1160. The van der Waals surface area contributed by atoms with Gasteiger partial charge in [-0.15, -0.1) is 11.3 Å². The molecule has 0 aliphatic carbocycles. The van der Waals surface area contributed by atoms with Crippen molar-refractivity contribution in [3.8, 4) is 10.4 Å². The van der Waals surface area contributed by atoms with Crippen LogP contribution in [0.4, 0.5) is 4.39 Å². The van der Waals surface area contributed by atoms with Gasteiger partial charge in [0.1, 0.15) is 5.82 Å². The topological polar surface area (TPSA) is 118 Å². The first-order valence-corrected chi connectivity index (χ1v) is 11.2. The maximum atomic E-state index is 13.0. The largest absolute Gasteiger partial charge is 0.279 e. The highest BCUT2D eigenvalue weighted by Crippen LogP contribution is 2.28. The third-order valence-electron chi connectivity index (χ3n) is 4.17. The summed E-state index contributed by atoms with van der Waals surface area (Å²) < 4.78 is 35.5. The first-order valence-electron chi connectivity index (χ1n) is 8.79. The number of hydrogen-bond donors (Lipinski definition) is 3. The molecule has 10 heteroatoms. The Morgan fingerprint density at radius 2 is 1.60 bits per heavy atom. The number of halogens is 1. The highest BCUT2D eigenvalue weighted by molar-refractivity contribution is 7.89. The Hall–Kier alpha value is -3.08. The van der Waals surface area contributed by atoms with Crippen LogP contribution in [0.15, 0.2) is 65.6 Å². The van der Waals surface area contributed by atoms with E-state index in [0.717, 1.165) is 16.0 Å². The number of nitrogens with one attached hydrogen (secondary N) is 2. The maximum Gasteiger partial charge on any atom is 0.279 e. The number of primary sulfonamides is 1. The fourth-order valence-corrected chi connectivity index (χ4v) is 4.01. The molecule has 0 radical (unpaired) electrons. The molecule has 156 valence electrons. The van der Waals surface area contributed by atoms with Crippen LogP contribution in [0.1, 0.15) is 21.7 Å². The molecule has 2 aromatic carbocycles. The first-order chi connectivity index (χ1) is 14.2. The summed E-state index contributed by atoms with van der Waals surface area (Å²) in [4.78, 5) is 25.4. The summed E-state index contributed by atoms with van der Waals surface area (Å²) in [6.07, 6.45) is 0.459. The molecule has 2 amide bonds. The lowest BCUT2D eigenvalue weighted by Crippen LogP contribution is -2.41. The molecule has 0 saturated heterocycles. The number of sulfonamides is 1. The van der Waals surface area contributed by atoms with Crippen LogP contribution in [0.2, 0.25) is 0 Å². The maximum absolute atomic E-state index is 13.0. The van der Waals surface area contributed by atoms with E-state index in [0.29, 0.717) is 11.3 Å². The molecule has 3 aromatic rings. The zero-order chi connectivity index (χ0) is 21.7. The molecule has 0 unspecified atom stereocenters. The minimum absolute atomic E-state index is 0.00100. The molecule has 30 heavy (non-hydrogen) atoms. The minimum atomic E-state index is -3.76. The van der Waals surface area contributed by atoms with Crippen LogP contribution in [0.5, 0.6) is 0 Å². The number of carbonyl (C=O) groups excluding carboxylic acids is 2. The Morgan fingerprint density at radius 3 is 2.23 bits per heavy atom. The molecule has 7 nitrogen and oxygen atoms in total. The highest BCUT2D eigenvalue weighted by atomic mass is 32.2. The van der Waals surface area contributed by atoms with Crippen molar-refractivity contribution in [2.75, 3.05) is 0 Å². The molecule has 0 fully saturated rings. The molecular formula is C20H18FN3O4S2. The molecule has 0 aliphatic heterocycles. The van der Waals surface area contributed by atoms with Crippen molar-refractivity contribution in [2.45, 2.75) is 17.7 Å². The van der Waals surface area contributed by atoms with Gasteiger partial charge in [-0.25, -0.2) is 17.9 Å². The second-order valence-corrected chi connectivity index (χ2v) is 9.01. The molecule has 1 aromatic heterocycles. The van der Waals surface area contributed by atoms with Crippen molar-refractivity contribution in [1.29, 1.82) is 0 Å². The van der Waals surface area contributed by atoms with Crippen molar-refractivity contribution in [1.82, 2.24) is 10.9 Å². The van der Waals surface area contributed by atoms with Gasteiger partial charge in [0.05, 0.1) is 9.77 Å².